The fourth-order valence-electron chi connectivity index (χ4n) is 3.71. The average molecular weight is 332 g/mol. The van der Waals surface area contributed by atoms with Crippen molar-refractivity contribution in [2.75, 3.05) is 38.1 Å². The van der Waals surface area contributed by atoms with Crippen molar-refractivity contribution in [1.29, 1.82) is 0 Å². The van der Waals surface area contributed by atoms with Gasteiger partial charge in [0.25, 0.3) is 5.91 Å². The number of rotatable bonds is 5. The molecule has 0 bridgehead atoms. The number of primary amides is 1. The first-order valence-corrected chi connectivity index (χ1v) is 8.41. The Hall–Kier alpha value is -2.22. The van der Waals surface area contributed by atoms with E-state index in [0.717, 1.165) is 39.0 Å². The minimum atomic E-state index is -0.569. The summed E-state index contributed by atoms with van der Waals surface area (Å²) in [6, 6.07) is 0.295. The molecule has 0 spiro atoms. The Labute approximate surface area is 141 Å². The molecular formula is C16H24N6O2. The van der Waals surface area contributed by atoms with E-state index >= 15 is 0 Å². The lowest BCUT2D eigenvalue weighted by Gasteiger charge is -2.47. The normalized spacial score (nSPS) is 24.0. The topological polar surface area (TPSA) is 104 Å². The summed E-state index contributed by atoms with van der Waals surface area (Å²) in [5, 5.41) is 3.12. The van der Waals surface area contributed by atoms with E-state index in [1.54, 1.807) is 6.20 Å². The van der Waals surface area contributed by atoms with Crippen molar-refractivity contribution < 1.29 is 9.59 Å². The van der Waals surface area contributed by atoms with E-state index in [4.69, 9.17) is 5.73 Å². The van der Waals surface area contributed by atoms with Gasteiger partial charge in [-0.15, -0.1) is 0 Å². The zero-order valence-electron chi connectivity index (χ0n) is 13.9. The van der Waals surface area contributed by atoms with Crippen molar-refractivity contribution in [3.05, 3.63) is 18.1 Å². The molecule has 3 heterocycles. The van der Waals surface area contributed by atoms with Crippen LogP contribution in [-0.2, 0) is 4.79 Å². The minimum absolute atomic E-state index is 0.184. The summed E-state index contributed by atoms with van der Waals surface area (Å²) in [5.41, 5.74) is 5.47. The molecule has 2 aliphatic rings. The van der Waals surface area contributed by atoms with Crippen molar-refractivity contribution in [1.82, 2.24) is 20.2 Å². The zero-order valence-corrected chi connectivity index (χ0v) is 13.9. The molecular weight excluding hydrogens is 308 g/mol. The lowest BCUT2D eigenvalue weighted by Crippen LogP contribution is -2.57. The third-order valence-corrected chi connectivity index (χ3v) is 4.94. The van der Waals surface area contributed by atoms with E-state index in [0.29, 0.717) is 24.2 Å². The van der Waals surface area contributed by atoms with Gasteiger partial charge in [-0.3, -0.25) is 14.6 Å². The maximum Gasteiger partial charge on any atom is 0.268 e. The van der Waals surface area contributed by atoms with Gasteiger partial charge in [-0.05, 0) is 25.8 Å². The maximum atomic E-state index is 12.2. The molecule has 1 aromatic heterocycles. The van der Waals surface area contributed by atoms with Gasteiger partial charge in [0.05, 0.1) is 12.4 Å². The summed E-state index contributed by atoms with van der Waals surface area (Å²) in [6.07, 6.45) is 5.46. The van der Waals surface area contributed by atoms with E-state index in [1.165, 1.54) is 6.20 Å². The highest BCUT2D eigenvalue weighted by atomic mass is 16.2. The van der Waals surface area contributed by atoms with Gasteiger partial charge in [0.2, 0.25) is 5.91 Å². The van der Waals surface area contributed by atoms with Gasteiger partial charge < -0.3 is 20.9 Å². The van der Waals surface area contributed by atoms with Crippen LogP contribution in [0.25, 0.3) is 0 Å². The first-order chi connectivity index (χ1) is 11.6. The highest BCUT2D eigenvalue weighted by Gasteiger charge is 2.39. The molecule has 3 rings (SSSR count). The number of nitrogens with two attached hydrogens (primary N) is 1. The van der Waals surface area contributed by atoms with Crippen molar-refractivity contribution in [3.8, 4) is 0 Å². The second kappa shape index (κ2) is 7.12. The number of hydrogen-bond acceptors (Lipinski definition) is 6. The number of fused-ring (bicyclic) bond motifs is 1. The maximum absolute atomic E-state index is 12.2. The number of likely N-dealkylation sites (N-methyl/N-ethyl adjacent to an activating group) is 1. The summed E-state index contributed by atoms with van der Waals surface area (Å²) >= 11 is 0. The molecule has 0 unspecified atom stereocenters. The van der Waals surface area contributed by atoms with Gasteiger partial charge in [0.15, 0.2) is 0 Å². The summed E-state index contributed by atoms with van der Waals surface area (Å²) in [5.74, 6) is 0.798. The third-order valence-electron chi connectivity index (χ3n) is 4.94. The number of nitrogens with zero attached hydrogens (tertiary/aromatic N) is 4. The Morgan fingerprint density at radius 2 is 2.25 bits per heavy atom. The van der Waals surface area contributed by atoms with Gasteiger partial charge in [0.1, 0.15) is 11.5 Å². The number of likely N-dealkylation sites (tertiary alicyclic amines) is 1. The Kier molecular flexibility index (Phi) is 4.94. The predicted molar refractivity (Wildman–Crippen MR) is 89.5 cm³/mol. The van der Waals surface area contributed by atoms with Crippen molar-refractivity contribution in [3.63, 3.8) is 0 Å². The lowest BCUT2D eigenvalue weighted by molar-refractivity contribution is -0.139. The largest absolute Gasteiger partial charge is 0.364 e. The molecule has 0 saturated carbocycles. The van der Waals surface area contributed by atoms with Crippen LogP contribution in [0.5, 0.6) is 0 Å². The molecule has 24 heavy (non-hydrogen) atoms. The SMILES string of the molecule is CNCCN1C(=O)CC[C@H]2CN(c3cncc(C(N)=O)n3)CC[C@H]21. The lowest BCUT2D eigenvalue weighted by atomic mass is 9.83. The van der Waals surface area contributed by atoms with Crippen LogP contribution < -0.4 is 16.0 Å². The fraction of sp³-hybridized carbons (Fsp3) is 0.625. The van der Waals surface area contributed by atoms with Crippen LogP contribution in [0.4, 0.5) is 5.82 Å². The zero-order chi connectivity index (χ0) is 17.1. The molecule has 8 nitrogen and oxygen atoms in total. The number of carbonyl (C=O) groups excluding carboxylic acids is 2. The van der Waals surface area contributed by atoms with Crippen LogP contribution in [0, 0.1) is 5.92 Å². The Morgan fingerprint density at radius 3 is 3.00 bits per heavy atom. The third kappa shape index (κ3) is 3.33. The van der Waals surface area contributed by atoms with Crippen LogP contribution in [-0.4, -0.2) is 66.0 Å². The molecule has 1 aromatic rings. The number of piperidine rings is 2. The molecule has 2 amide bonds. The number of carbonyl (C=O) groups is 2. The van der Waals surface area contributed by atoms with Crippen LogP contribution in [0.15, 0.2) is 12.4 Å². The van der Waals surface area contributed by atoms with Crippen LogP contribution in [0.1, 0.15) is 29.8 Å². The Morgan fingerprint density at radius 1 is 1.42 bits per heavy atom. The highest BCUT2D eigenvalue weighted by Crippen LogP contribution is 2.32. The highest BCUT2D eigenvalue weighted by molar-refractivity contribution is 5.90. The van der Waals surface area contributed by atoms with E-state index in [9.17, 15) is 9.59 Å². The van der Waals surface area contributed by atoms with Gasteiger partial charge in [-0.1, -0.05) is 0 Å². The quantitative estimate of drug-likeness (QED) is 0.761. The molecule has 130 valence electrons. The van der Waals surface area contributed by atoms with Gasteiger partial charge in [-0.25, -0.2) is 4.98 Å². The summed E-state index contributed by atoms with van der Waals surface area (Å²) in [6.45, 7) is 3.19. The second-order valence-electron chi connectivity index (χ2n) is 6.42. The van der Waals surface area contributed by atoms with Gasteiger partial charge >= 0.3 is 0 Å². The first-order valence-electron chi connectivity index (χ1n) is 8.41. The van der Waals surface area contributed by atoms with E-state index < -0.39 is 5.91 Å². The summed E-state index contributed by atoms with van der Waals surface area (Å²) in [7, 11) is 1.90. The molecule has 0 radical (unpaired) electrons. The Balaban J connectivity index is 1.71. The number of nitrogens with one attached hydrogen (secondary N) is 1. The number of hydrogen-bond donors (Lipinski definition) is 2. The molecule has 3 N–H and O–H groups in total. The average Bonchev–Trinajstić information content (AvgIpc) is 2.60. The van der Waals surface area contributed by atoms with Crippen molar-refractivity contribution in [2.24, 2.45) is 11.7 Å². The molecule has 0 aliphatic carbocycles. The number of amides is 2. The molecule has 2 aliphatic heterocycles. The van der Waals surface area contributed by atoms with Crippen molar-refractivity contribution >= 4 is 17.6 Å². The van der Waals surface area contributed by atoms with E-state index in [2.05, 4.69) is 20.2 Å². The van der Waals surface area contributed by atoms with Gasteiger partial charge in [0, 0.05) is 38.6 Å². The minimum Gasteiger partial charge on any atom is -0.364 e. The Bertz CT molecular complexity index is 622. The number of aromatic nitrogens is 2. The number of anilines is 1. The van der Waals surface area contributed by atoms with Gasteiger partial charge in [-0.2, -0.15) is 0 Å². The summed E-state index contributed by atoms with van der Waals surface area (Å²) in [4.78, 5) is 36.1. The smallest absolute Gasteiger partial charge is 0.268 e. The van der Waals surface area contributed by atoms with Crippen LogP contribution in [0.2, 0.25) is 0 Å². The molecule has 2 saturated heterocycles. The molecule has 8 heteroatoms. The molecule has 2 fully saturated rings. The van der Waals surface area contributed by atoms with Crippen LogP contribution in [0.3, 0.4) is 0 Å². The molecule has 0 aromatic carbocycles. The van der Waals surface area contributed by atoms with Crippen LogP contribution >= 0.6 is 0 Å². The standard InChI is InChI=1S/C16H24N6O2/c1-18-5-7-22-13-4-6-21(10-11(13)2-3-15(22)23)14-9-19-8-12(20-14)16(17)24/h8-9,11,13,18H,2-7,10H2,1H3,(H2,17,24)/t11-,13+/m0/s1. The van der Waals surface area contributed by atoms with E-state index in [1.807, 2.05) is 11.9 Å². The first kappa shape index (κ1) is 16.6. The van der Waals surface area contributed by atoms with Crippen molar-refractivity contribution in [2.45, 2.75) is 25.3 Å². The van der Waals surface area contributed by atoms with E-state index in [-0.39, 0.29) is 11.6 Å². The summed E-state index contributed by atoms with van der Waals surface area (Å²) < 4.78 is 0. The predicted octanol–water partition coefficient (Wildman–Crippen LogP) is -0.388. The fourth-order valence-corrected chi connectivity index (χ4v) is 3.71. The monoisotopic (exact) mass is 332 g/mol. The molecule has 2 atom stereocenters. The second-order valence-corrected chi connectivity index (χ2v) is 6.42.